The number of pyridine rings is 1. The highest BCUT2D eigenvalue weighted by Gasteiger charge is 2.19. The van der Waals surface area contributed by atoms with E-state index in [2.05, 4.69) is 25.6 Å². The molecule has 0 fully saturated rings. The number of hydrogen-bond donors (Lipinski definition) is 1. The number of rotatable bonds is 4. The van der Waals surface area contributed by atoms with Gasteiger partial charge in [0, 0.05) is 12.3 Å². The molecular formula is C13H13BrN2O3S. The van der Waals surface area contributed by atoms with Gasteiger partial charge in [0.15, 0.2) is 0 Å². The molecule has 0 aliphatic carbocycles. The standard InChI is InChI=1S/C13H13BrN2O3S/c1-9-6-11(14)12(19-2)7-13(9)20(17,18)16-10-4-3-5-15-8-10/h3-8,16H,1-2H3. The molecule has 0 spiro atoms. The summed E-state index contributed by atoms with van der Waals surface area (Å²) in [5.74, 6) is 0.460. The summed E-state index contributed by atoms with van der Waals surface area (Å²) in [5.41, 5.74) is 1.03. The van der Waals surface area contributed by atoms with E-state index in [1.54, 1.807) is 31.3 Å². The number of hydrogen-bond acceptors (Lipinski definition) is 4. The molecule has 1 heterocycles. The molecular weight excluding hydrogens is 344 g/mol. The maximum Gasteiger partial charge on any atom is 0.262 e. The number of nitrogens with one attached hydrogen (secondary N) is 1. The Hall–Kier alpha value is -1.60. The molecule has 20 heavy (non-hydrogen) atoms. The average molecular weight is 357 g/mol. The molecule has 5 nitrogen and oxygen atoms in total. The van der Waals surface area contributed by atoms with E-state index in [1.165, 1.54) is 19.4 Å². The van der Waals surface area contributed by atoms with Crippen molar-refractivity contribution in [3.63, 3.8) is 0 Å². The lowest BCUT2D eigenvalue weighted by Gasteiger charge is -2.12. The number of halogens is 1. The Balaban J connectivity index is 2.44. The van der Waals surface area contributed by atoms with E-state index in [4.69, 9.17) is 4.74 Å². The first-order valence-electron chi connectivity index (χ1n) is 5.71. The highest BCUT2D eigenvalue weighted by atomic mass is 79.9. The van der Waals surface area contributed by atoms with Gasteiger partial charge >= 0.3 is 0 Å². The summed E-state index contributed by atoms with van der Waals surface area (Å²) in [6, 6.07) is 6.48. The van der Waals surface area contributed by atoms with Crippen LogP contribution in [-0.4, -0.2) is 20.5 Å². The molecule has 0 unspecified atom stereocenters. The van der Waals surface area contributed by atoms with Crippen molar-refractivity contribution < 1.29 is 13.2 Å². The first-order chi connectivity index (χ1) is 9.44. The second kappa shape index (κ2) is 5.80. The van der Waals surface area contributed by atoms with E-state index in [0.29, 0.717) is 21.5 Å². The van der Waals surface area contributed by atoms with Gasteiger partial charge < -0.3 is 4.74 Å². The number of anilines is 1. The zero-order valence-corrected chi connectivity index (χ0v) is 13.3. The lowest BCUT2D eigenvalue weighted by atomic mass is 10.2. The number of ether oxygens (including phenoxy) is 1. The highest BCUT2D eigenvalue weighted by Crippen LogP contribution is 2.31. The number of methoxy groups -OCH3 is 1. The minimum atomic E-state index is -3.68. The minimum Gasteiger partial charge on any atom is -0.496 e. The third kappa shape index (κ3) is 3.10. The third-order valence-corrected chi connectivity index (χ3v) is 4.80. The van der Waals surface area contributed by atoms with Crippen molar-refractivity contribution in [2.75, 3.05) is 11.8 Å². The van der Waals surface area contributed by atoms with E-state index >= 15 is 0 Å². The zero-order chi connectivity index (χ0) is 14.8. The average Bonchev–Trinajstić information content (AvgIpc) is 2.39. The van der Waals surface area contributed by atoms with Crippen molar-refractivity contribution in [1.82, 2.24) is 4.98 Å². The third-order valence-electron chi connectivity index (χ3n) is 2.65. The van der Waals surface area contributed by atoms with Gasteiger partial charge in [0.05, 0.1) is 28.4 Å². The van der Waals surface area contributed by atoms with Crippen LogP contribution in [0.25, 0.3) is 0 Å². The minimum absolute atomic E-state index is 0.168. The van der Waals surface area contributed by atoms with Gasteiger partial charge in [-0.1, -0.05) is 0 Å². The zero-order valence-electron chi connectivity index (χ0n) is 10.9. The normalized spacial score (nSPS) is 11.2. The summed E-state index contributed by atoms with van der Waals surface area (Å²) < 4.78 is 33.1. The monoisotopic (exact) mass is 356 g/mol. The van der Waals surface area contributed by atoms with E-state index < -0.39 is 10.0 Å². The van der Waals surface area contributed by atoms with Crippen LogP contribution < -0.4 is 9.46 Å². The topological polar surface area (TPSA) is 68.3 Å². The van der Waals surface area contributed by atoms with Crippen molar-refractivity contribution >= 4 is 31.6 Å². The Morgan fingerprint density at radius 1 is 1.35 bits per heavy atom. The second-order valence-electron chi connectivity index (χ2n) is 4.10. The van der Waals surface area contributed by atoms with Gasteiger partial charge in [-0.25, -0.2) is 8.42 Å². The fourth-order valence-electron chi connectivity index (χ4n) is 1.71. The summed E-state index contributed by atoms with van der Waals surface area (Å²) in [6.07, 6.45) is 3.02. The van der Waals surface area contributed by atoms with Crippen molar-refractivity contribution in [3.05, 3.63) is 46.7 Å². The summed E-state index contributed by atoms with van der Waals surface area (Å²) in [7, 11) is -2.20. The predicted molar refractivity (Wildman–Crippen MR) is 80.5 cm³/mol. The fraction of sp³-hybridized carbons (Fsp3) is 0.154. The Morgan fingerprint density at radius 3 is 2.70 bits per heavy atom. The van der Waals surface area contributed by atoms with E-state index in [-0.39, 0.29) is 4.90 Å². The quantitative estimate of drug-likeness (QED) is 0.914. The van der Waals surface area contributed by atoms with Gasteiger partial charge in [0.2, 0.25) is 0 Å². The first kappa shape index (κ1) is 14.8. The van der Waals surface area contributed by atoms with Gasteiger partial charge in [-0.15, -0.1) is 0 Å². The van der Waals surface area contributed by atoms with E-state index in [1.807, 2.05) is 0 Å². The van der Waals surface area contributed by atoms with E-state index in [9.17, 15) is 8.42 Å². The molecule has 0 atom stereocenters. The van der Waals surface area contributed by atoms with Gasteiger partial charge in [0.25, 0.3) is 10.0 Å². The Bertz CT molecular complexity index is 718. The van der Waals surface area contributed by atoms with Crippen LogP contribution in [0.4, 0.5) is 5.69 Å². The molecule has 0 bridgehead atoms. The summed E-state index contributed by atoms with van der Waals surface area (Å²) >= 11 is 3.32. The maximum absolute atomic E-state index is 12.4. The van der Waals surface area contributed by atoms with Crippen LogP contribution in [0.3, 0.4) is 0 Å². The molecule has 0 amide bonds. The van der Waals surface area contributed by atoms with Crippen LogP contribution in [-0.2, 0) is 10.0 Å². The smallest absolute Gasteiger partial charge is 0.262 e. The number of nitrogens with zero attached hydrogens (tertiary/aromatic N) is 1. The lowest BCUT2D eigenvalue weighted by molar-refractivity contribution is 0.410. The predicted octanol–water partition coefficient (Wildman–Crippen LogP) is 2.96. The Labute approximate surface area is 126 Å². The van der Waals surface area contributed by atoms with Crippen LogP contribution in [0.15, 0.2) is 46.0 Å². The Morgan fingerprint density at radius 2 is 2.10 bits per heavy atom. The molecule has 0 radical (unpaired) electrons. The molecule has 0 saturated heterocycles. The van der Waals surface area contributed by atoms with Crippen LogP contribution in [0, 0.1) is 6.92 Å². The molecule has 1 aromatic heterocycles. The number of aryl methyl sites for hydroxylation is 1. The van der Waals surface area contributed by atoms with Crippen molar-refractivity contribution in [2.24, 2.45) is 0 Å². The molecule has 1 aromatic carbocycles. The van der Waals surface area contributed by atoms with E-state index in [0.717, 1.165) is 0 Å². The largest absolute Gasteiger partial charge is 0.496 e. The first-order valence-corrected chi connectivity index (χ1v) is 7.98. The van der Waals surface area contributed by atoms with Crippen LogP contribution in [0.2, 0.25) is 0 Å². The summed E-state index contributed by atoms with van der Waals surface area (Å²) in [4.78, 5) is 4.04. The molecule has 0 aliphatic rings. The molecule has 0 saturated carbocycles. The van der Waals surface area contributed by atoms with Crippen molar-refractivity contribution in [2.45, 2.75) is 11.8 Å². The molecule has 2 aromatic rings. The number of benzene rings is 1. The highest BCUT2D eigenvalue weighted by molar-refractivity contribution is 9.10. The van der Waals surface area contributed by atoms with Crippen LogP contribution >= 0.6 is 15.9 Å². The molecule has 106 valence electrons. The van der Waals surface area contributed by atoms with Gasteiger partial charge in [-0.05, 0) is 46.6 Å². The second-order valence-corrected chi connectivity index (χ2v) is 6.60. The SMILES string of the molecule is COc1cc(S(=O)(=O)Nc2cccnc2)c(C)cc1Br. The van der Waals surface area contributed by atoms with Crippen LogP contribution in [0.5, 0.6) is 5.75 Å². The van der Waals surface area contributed by atoms with Gasteiger partial charge in [-0.2, -0.15) is 0 Å². The Kier molecular flexibility index (Phi) is 4.29. The van der Waals surface area contributed by atoms with Crippen molar-refractivity contribution in [3.8, 4) is 5.75 Å². The number of aromatic nitrogens is 1. The van der Waals surface area contributed by atoms with Gasteiger partial charge in [0.1, 0.15) is 5.75 Å². The van der Waals surface area contributed by atoms with Gasteiger partial charge in [-0.3, -0.25) is 9.71 Å². The number of sulfonamides is 1. The molecule has 2 rings (SSSR count). The molecule has 7 heteroatoms. The molecule has 0 aliphatic heterocycles. The maximum atomic E-state index is 12.4. The van der Waals surface area contributed by atoms with Crippen molar-refractivity contribution in [1.29, 1.82) is 0 Å². The summed E-state index contributed by atoms with van der Waals surface area (Å²) in [6.45, 7) is 1.72. The summed E-state index contributed by atoms with van der Waals surface area (Å²) in [5, 5.41) is 0. The lowest BCUT2D eigenvalue weighted by Crippen LogP contribution is -2.14. The molecule has 1 N–H and O–H groups in total. The fourth-order valence-corrected chi connectivity index (χ4v) is 3.62. The van der Waals surface area contributed by atoms with Crippen LogP contribution in [0.1, 0.15) is 5.56 Å².